The van der Waals surface area contributed by atoms with Crippen LogP contribution in [0.2, 0.25) is 0 Å². The molecule has 2 rings (SSSR count). The van der Waals surface area contributed by atoms with Gasteiger partial charge in [-0.1, -0.05) is 12.1 Å². The van der Waals surface area contributed by atoms with E-state index in [-0.39, 0.29) is 5.75 Å². The lowest BCUT2D eigenvalue weighted by atomic mass is 10.0. The summed E-state index contributed by atoms with van der Waals surface area (Å²) in [5.74, 6) is 0.197. The number of methoxy groups -OCH3 is 1. The lowest BCUT2D eigenvalue weighted by Gasteiger charge is -2.12. The monoisotopic (exact) mass is 299 g/mol. The molecule has 0 spiro atoms. The fourth-order valence-corrected chi connectivity index (χ4v) is 1.89. The molecule has 0 saturated carbocycles. The van der Waals surface area contributed by atoms with Gasteiger partial charge in [0.2, 0.25) is 0 Å². The normalized spacial score (nSPS) is 12.5. The Balaban J connectivity index is 2.40. The summed E-state index contributed by atoms with van der Waals surface area (Å²) in [7, 11) is 1.41. The third-order valence-electron chi connectivity index (χ3n) is 2.45. The highest BCUT2D eigenvalue weighted by Crippen LogP contribution is 2.29. The van der Waals surface area contributed by atoms with Crippen LogP contribution in [0, 0.1) is 5.82 Å². The van der Waals surface area contributed by atoms with Crippen molar-refractivity contribution < 1.29 is 13.5 Å². The molecule has 0 radical (unpaired) electrons. The first-order valence-corrected chi connectivity index (χ1v) is 5.76. The molecule has 2 N–H and O–H groups in total. The third-order valence-corrected chi connectivity index (χ3v) is 2.87. The molecule has 0 bridgehead atoms. The number of hydrogen-bond acceptors (Lipinski definition) is 3. The number of hydrogen-bond donors (Lipinski definition) is 1. The van der Waals surface area contributed by atoms with Gasteiger partial charge in [0.05, 0.1) is 13.2 Å². The quantitative estimate of drug-likeness (QED) is 0.946. The zero-order chi connectivity index (χ0) is 12.4. The van der Waals surface area contributed by atoms with E-state index in [0.717, 1.165) is 0 Å². The summed E-state index contributed by atoms with van der Waals surface area (Å²) < 4.78 is 24.7. The SMILES string of the molecule is COc1cccc(C(N)c2ccc(Br)o2)c1F. The minimum absolute atomic E-state index is 0.170. The van der Waals surface area contributed by atoms with Crippen molar-refractivity contribution in [2.75, 3.05) is 7.11 Å². The predicted molar refractivity (Wildman–Crippen MR) is 65.4 cm³/mol. The minimum atomic E-state index is -0.656. The summed E-state index contributed by atoms with van der Waals surface area (Å²) in [5, 5.41) is 0. The number of ether oxygens (including phenoxy) is 1. The van der Waals surface area contributed by atoms with E-state index in [9.17, 15) is 4.39 Å². The van der Waals surface area contributed by atoms with Crippen LogP contribution in [-0.4, -0.2) is 7.11 Å². The van der Waals surface area contributed by atoms with Crippen molar-refractivity contribution in [2.24, 2.45) is 5.73 Å². The summed E-state index contributed by atoms with van der Waals surface area (Å²) in [4.78, 5) is 0. The van der Waals surface area contributed by atoms with Crippen molar-refractivity contribution in [1.29, 1.82) is 0 Å². The highest BCUT2D eigenvalue weighted by Gasteiger charge is 2.19. The van der Waals surface area contributed by atoms with Crippen molar-refractivity contribution >= 4 is 15.9 Å². The van der Waals surface area contributed by atoms with E-state index in [0.29, 0.717) is 16.0 Å². The van der Waals surface area contributed by atoms with Gasteiger partial charge in [-0.05, 0) is 34.1 Å². The zero-order valence-electron chi connectivity index (χ0n) is 9.11. The lowest BCUT2D eigenvalue weighted by molar-refractivity contribution is 0.381. The summed E-state index contributed by atoms with van der Waals surface area (Å²) in [6, 6.07) is 7.61. The zero-order valence-corrected chi connectivity index (χ0v) is 10.7. The van der Waals surface area contributed by atoms with Crippen molar-refractivity contribution in [1.82, 2.24) is 0 Å². The Kier molecular flexibility index (Phi) is 3.49. The largest absolute Gasteiger partial charge is 0.494 e. The van der Waals surface area contributed by atoms with E-state index in [1.807, 2.05) is 0 Å². The first-order chi connectivity index (χ1) is 8.13. The molecule has 0 aliphatic carbocycles. The van der Waals surface area contributed by atoms with Crippen LogP contribution in [0.25, 0.3) is 0 Å². The number of halogens is 2. The molecular formula is C12H11BrFNO2. The van der Waals surface area contributed by atoms with Gasteiger partial charge in [-0.2, -0.15) is 0 Å². The molecule has 0 saturated heterocycles. The van der Waals surface area contributed by atoms with E-state index in [2.05, 4.69) is 15.9 Å². The van der Waals surface area contributed by atoms with Crippen LogP contribution in [0.4, 0.5) is 4.39 Å². The summed E-state index contributed by atoms with van der Waals surface area (Å²) >= 11 is 3.18. The smallest absolute Gasteiger partial charge is 0.170 e. The van der Waals surface area contributed by atoms with Crippen molar-refractivity contribution in [3.05, 3.63) is 52.1 Å². The Morgan fingerprint density at radius 3 is 2.71 bits per heavy atom. The maximum atomic E-state index is 14.0. The van der Waals surface area contributed by atoms with Crippen LogP contribution in [0.5, 0.6) is 5.75 Å². The number of furan rings is 1. The second kappa shape index (κ2) is 4.89. The minimum Gasteiger partial charge on any atom is -0.494 e. The van der Waals surface area contributed by atoms with Crippen molar-refractivity contribution in [2.45, 2.75) is 6.04 Å². The van der Waals surface area contributed by atoms with Gasteiger partial charge in [0.25, 0.3) is 0 Å². The van der Waals surface area contributed by atoms with Gasteiger partial charge in [0.15, 0.2) is 16.2 Å². The van der Waals surface area contributed by atoms with Gasteiger partial charge >= 0.3 is 0 Å². The lowest BCUT2D eigenvalue weighted by Crippen LogP contribution is -2.13. The summed E-state index contributed by atoms with van der Waals surface area (Å²) in [6.07, 6.45) is 0. The van der Waals surface area contributed by atoms with E-state index in [1.165, 1.54) is 7.11 Å². The van der Waals surface area contributed by atoms with E-state index >= 15 is 0 Å². The van der Waals surface area contributed by atoms with Crippen molar-refractivity contribution in [3.63, 3.8) is 0 Å². The van der Waals surface area contributed by atoms with Crippen molar-refractivity contribution in [3.8, 4) is 5.75 Å². The highest BCUT2D eigenvalue weighted by atomic mass is 79.9. The van der Waals surface area contributed by atoms with E-state index in [4.69, 9.17) is 14.9 Å². The van der Waals surface area contributed by atoms with Gasteiger partial charge in [-0.25, -0.2) is 4.39 Å². The Morgan fingerprint density at radius 1 is 1.35 bits per heavy atom. The van der Waals surface area contributed by atoms with E-state index in [1.54, 1.807) is 30.3 Å². The van der Waals surface area contributed by atoms with E-state index < -0.39 is 11.9 Å². The average molecular weight is 300 g/mol. The van der Waals surface area contributed by atoms with Crippen LogP contribution in [0.15, 0.2) is 39.4 Å². The molecule has 1 aromatic carbocycles. The Morgan fingerprint density at radius 2 is 2.12 bits per heavy atom. The molecule has 2 aromatic rings. The van der Waals surface area contributed by atoms with Gasteiger partial charge in [-0.3, -0.25) is 0 Å². The molecule has 0 aliphatic heterocycles. The van der Waals surface area contributed by atoms with Crippen LogP contribution in [0.1, 0.15) is 17.4 Å². The molecule has 0 amide bonds. The molecule has 0 aliphatic rings. The average Bonchev–Trinajstić information content (AvgIpc) is 2.75. The molecule has 5 heteroatoms. The first-order valence-electron chi connectivity index (χ1n) is 4.96. The molecule has 3 nitrogen and oxygen atoms in total. The molecule has 1 aromatic heterocycles. The first kappa shape index (κ1) is 12.1. The van der Waals surface area contributed by atoms with Crippen LogP contribution < -0.4 is 10.5 Å². The second-order valence-corrected chi connectivity index (χ2v) is 4.26. The van der Waals surface area contributed by atoms with Crippen LogP contribution >= 0.6 is 15.9 Å². The second-order valence-electron chi connectivity index (χ2n) is 3.48. The van der Waals surface area contributed by atoms with Gasteiger partial charge in [0, 0.05) is 5.56 Å². The highest BCUT2D eigenvalue weighted by molar-refractivity contribution is 9.10. The molecule has 1 unspecified atom stereocenters. The molecule has 1 atom stereocenters. The topological polar surface area (TPSA) is 48.4 Å². The Hall–Kier alpha value is -1.33. The van der Waals surface area contributed by atoms with Gasteiger partial charge in [-0.15, -0.1) is 0 Å². The van der Waals surface area contributed by atoms with Gasteiger partial charge in [0.1, 0.15) is 5.76 Å². The van der Waals surface area contributed by atoms with Gasteiger partial charge < -0.3 is 14.9 Å². The maximum Gasteiger partial charge on any atom is 0.170 e. The summed E-state index contributed by atoms with van der Waals surface area (Å²) in [5.41, 5.74) is 6.28. The Labute approximate surface area is 106 Å². The number of benzene rings is 1. The molecule has 1 heterocycles. The third kappa shape index (κ3) is 2.35. The maximum absolute atomic E-state index is 14.0. The molecule has 17 heavy (non-hydrogen) atoms. The molecule has 0 fully saturated rings. The fourth-order valence-electron chi connectivity index (χ4n) is 1.57. The Bertz CT molecular complexity index is 527. The summed E-state index contributed by atoms with van der Waals surface area (Å²) in [6.45, 7) is 0. The number of rotatable bonds is 3. The van der Waals surface area contributed by atoms with Crippen LogP contribution in [0.3, 0.4) is 0 Å². The van der Waals surface area contributed by atoms with Crippen LogP contribution in [-0.2, 0) is 0 Å². The number of nitrogens with two attached hydrogens (primary N) is 1. The standard InChI is InChI=1S/C12H11BrFNO2/c1-16-8-4-2-3-7(11(8)14)12(15)9-5-6-10(13)17-9/h2-6,12H,15H2,1H3. The fraction of sp³-hybridized carbons (Fsp3) is 0.167. The molecular weight excluding hydrogens is 289 g/mol. The molecule has 90 valence electrons. The predicted octanol–water partition coefficient (Wildman–Crippen LogP) is 3.24.